The Morgan fingerprint density at radius 1 is 1.47 bits per heavy atom. The van der Waals surface area contributed by atoms with Gasteiger partial charge in [-0.15, -0.1) is 0 Å². The Labute approximate surface area is 93.4 Å². The van der Waals surface area contributed by atoms with Crippen LogP contribution in [0.1, 0.15) is 33.6 Å². The highest BCUT2D eigenvalue weighted by Gasteiger charge is 2.25. The molecular formula is C12H25NO2. The molecule has 0 aromatic rings. The van der Waals surface area contributed by atoms with Crippen LogP contribution >= 0.6 is 0 Å². The van der Waals surface area contributed by atoms with E-state index in [9.17, 15) is 5.11 Å². The van der Waals surface area contributed by atoms with E-state index in [1.807, 2.05) is 0 Å². The summed E-state index contributed by atoms with van der Waals surface area (Å²) < 4.78 is 5.66. The molecule has 0 bridgehead atoms. The largest absolute Gasteiger partial charge is 0.396 e. The zero-order chi connectivity index (χ0) is 11.3. The molecule has 1 heterocycles. The van der Waals surface area contributed by atoms with Gasteiger partial charge in [0.15, 0.2) is 0 Å². The smallest absolute Gasteiger partial charge is 0.0702 e. The average Bonchev–Trinajstić information content (AvgIpc) is 2.18. The molecule has 0 aromatic heterocycles. The maximum Gasteiger partial charge on any atom is 0.0702 e. The van der Waals surface area contributed by atoms with Crippen molar-refractivity contribution in [1.29, 1.82) is 0 Å². The summed E-state index contributed by atoms with van der Waals surface area (Å²) in [4.78, 5) is 2.42. The van der Waals surface area contributed by atoms with Crippen LogP contribution in [-0.2, 0) is 4.74 Å². The zero-order valence-corrected chi connectivity index (χ0v) is 10.3. The molecule has 0 aromatic carbocycles. The van der Waals surface area contributed by atoms with Crippen LogP contribution in [0.2, 0.25) is 0 Å². The van der Waals surface area contributed by atoms with Crippen molar-refractivity contribution >= 4 is 0 Å². The van der Waals surface area contributed by atoms with Gasteiger partial charge in [-0.2, -0.15) is 0 Å². The van der Waals surface area contributed by atoms with Gasteiger partial charge < -0.3 is 14.7 Å². The number of nitrogens with zero attached hydrogens (tertiary/aromatic N) is 1. The van der Waals surface area contributed by atoms with Crippen LogP contribution in [0.25, 0.3) is 0 Å². The molecule has 1 aliphatic rings. The van der Waals surface area contributed by atoms with Gasteiger partial charge in [0.25, 0.3) is 0 Å². The molecule has 1 unspecified atom stereocenters. The maximum atomic E-state index is 9.24. The van der Waals surface area contributed by atoms with Gasteiger partial charge in [-0.25, -0.2) is 0 Å². The number of aliphatic hydroxyl groups excluding tert-OH is 1. The standard InChI is InChI=1S/C12H25NO2/c1-4-15-11-6-5-7-13(8-11)9-12(2,3)10-14/h11,14H,4-10H2,1-3H3. The second kappa shape index (κ2) is 5.83. The van der Waals surface area contributed by atoms with Crippen molar-refractivity contribution in [3.63, 3.8) is 0 Å². The molecule has 90 valence electrons. The third-order valence-corrected chi connectivity index (χ3v) is 2.94. The summed E-state index contributed by atoms with van der Waals surface area (Å²) in [5.74, 6) is 0. The predicted molar refractivity (Wildman–Crippen MR) is 62.0 cm³/mol. The van der Waals surface area contributed by atoms with Gasteiger partial charge in [0.2, 0.25) is 0 Å². The second-order valence-corrected chi connectivity index (χ2v) is 5.28. The third-order valence-electron chi connectivity index (χ3n) is 2.94. The van der Waals surface area contributed by atoms with Gasteiger partial charge in [-0.3, -0.25) is 0 Å². The number of piperidine rings is 1. The van der Waals surface area contributed by atoms with E-state index in [1.54, 1.807) is 0 Å². The molecule has 1 atom stereocenters. The van der Waals surface area contributed by atoms with Crippen LogP contribution in [0, 0.1) is 5.41 Å². The summed E-state index contributed by atoms with van der Waals surface area (Å²) in [5.41, 5.74) is 0.00804. The minimum absolute atomic E-state index is 0.00804. The summed E-state index contributed by atoms with van der Waals surface area (Å²) in [7, 11) is 0. The van der Waals surface area contributed by atoms with E-state index >= 15 is 0 Å². The van der Waals surface area contributed by atoms with Gasteiger partial charge in [0, 0.05) is 31.7 Å². The van der Waals surface area contributed by atoms with Crippen molar-refractivity contribution in [2.24, 2.45) is 5.41 Å². The SMILES string of the molecule is CCOC1CCCN(CC(C)(C)CO)C1. The van der Waals surface area contributed by atoms with Crippen molar-refractivity contribution in [2.75, 3.05) is 32.8 Å². The molecule has 1 rings (SSSR count). The van der Waals surface area contributed by atoms with E-state index in [4.69, 9.17) is 4.74 Å². The quantitative estimate of drug-likeness (QED) is 0.754. The summed E-state index contributed by atoms with van der Waals surface area (Å²) >= 11 is 0. The Balaban J connectivity index is 2.36. The van der Waals surface area contributed by atoms with Crippen LogP contribution < -0.4 is 0 Å². The molecule has 0 aliphatic carbocycles. The number of hydrogen-bond donors (Lipinski definition) is 1. The van der Waals surface area contributed by atoms with Crippen LogP contribution in [0.5, 0.6) is 0 Å². The maximum absolute atomic E-state index is 9.24. The van der Waals surface area contributed by atoms with Crippen LogP contribution in [0.3, 0.4) is 0 Å². The topological polar surface area (TPSA) is 32.7 Å². The third kappa shape index (κ3) is 4.49. The first-order chi connectivity index (χ1) is 7.07. The highest BCUT2D eigenvalue weighted by Crippen LogP contribution is 2.20. The molecule has 0 radical (unpaired) electrons. The number of likely N-dealkylation sites (tertiary alicyclic amines) is 1. The fourth-order valence-electron chi connectivity index (χ4n) is 2.18. The Kier molecular flexibility index (Phi) is 5.03. The number of ether oxygens (including phenoxy) is 1. The number of hydrogen-bond acceptors (Lipinski definition) is 3. The fraction of sp³-hybridized carbons (Fsp3) is 1.00. The molecule has 3 nitrogen and oxygen atoms in total. The first-order valence-corrected chi connectivity index (χ1v) is 6.02. The lowest BCUT2D eigenvalue weighted by Crippen LogP contribution is -2.44. The molecule has 15 heavy (non-hydrogen) atoms. The predicted octanol–water partition coefficient (Wildman–Crippen LogP) is 1.51. The highest BCUT2D eigenvalue weighted by atomic mass is 16.5. The van der Waals surface area contributed by atoms with E-state index in [-0.39, 0.29) is 12.0 Å². The van der Waals surface area contributed by atoms with Crippen molar-refractivity contribution in [3.05, 3.63) is 0 Å². The molecule has 1 fully saturated rings. The minimum atomic E-state index is 0.00804. The zero-order valence-electron chi connectivity index (χ0n) is 10.3. The number of aliphatic hydroxyl groups is 1. The molecule has 1 saturated heterocycles. The van der Waals surface area contributed by atoms with Crippen LogP contribution in [0.4, 0.5) is 0 Å². The summed E-state index contributed by atoms with van der Waals surface area (Å²) in [6.07, 6.45) is 2.80. The first-order valence-electron chi connectivity index (χ1n) is 6.02. The van der Waals surface area contributed by atoms with Crippen molar-refractivity contribution in [2.45, 2.75) is 39.7 Å². The van der Waals surface area contributed by atoms with E-state index < -0.39 is 0 Å². The fourth-order valence-corrected chi connectivity index (χ4v) is 2.18. The Morgan fingerprint density at radius 2 is 2.20 bits per heavy atom. The Morgan fingerprint density at radius 3 is 2.80 bits per heavy atom. The summed E-state index contributed by atoms with van der Waals surface area (Å²) in [6.45, 7) is 10.5. The lowest BCUT2D eigenvalue weighted by atomic mass is 9.93. The Bertz CT molecular complexity index is 180. The van der Waals surface area contributed by atoms with Crippen molar-refractivity contribution in [1.82, 2.24) is 4.90 Å². The van der Waals surface area contributed by atoms with Gasteiger partial charge in [-0.05, 0) is 26.3 Å². The molecule has 1 aliphatic heterocycles. The molecule has 0 amide bonds. The monoisotopic (exact) mass is 215 g/mol. The summed E-state index contributed by atoms with van der Waals surface area (Å²) in [5, 5.41) is 9.24. The molecule has 0 spiro atoms. The lowest BCUT2D eigenvalue weighted by molar-refractivity contribution is -0.00934. The highest BCUT2D eigenvalue weighted by molar-refractivity contribution is 4.79. The van der Waals surface area contributed by atoms with E-state index in [0.717, 1.165) is 26.2 Å². The van der Waals surface area contributed by atoms with E-state index in [1.165, 1.54) is 12.8 Å². The first kappa shape index (κ1) is 12.9. The van der Waals surface area contributed by atoms with Gasteiger partial charge in [0.1, 0.15) is 0 Å². The van der Waals surface area contributed by atoms with Crippen LogP contribution in [0.15, 0.2) is 0 Å². The second-order valence-electron chi connectivity index (χ2n) is 5.28. The Hall–Kier alpha value is -0.120. The van der Waals surface area contributed by atoms with Crippen molar-refractivity contribution in [3.8, 4) is 0 Å². The molecular weight excluding hydrogens is 190 g/mol. The molecule has 3 heteroatoms. The normalized spacial score (nSPS) is 24.4. The minimum Gasteiger partial charge on any atom is -0.396 e. The van der Waals surface area contributed by atoms with E-state index in [0.29, 0.717) is 6.10 Å². The number of rotatable bonds is 5. The average molecular weight is 215 g/mol. The van der Waals surface area contributed by atoms with Gasteiger partial charge >= 0.3 is 0 Å². The van der Waals surface area contributed by atoms with E-state index in [2.05, 4.69) is 25.7 Å². The molecule has 1 N–H and O–H groups in total. The van der Waals surface area contributed by atoms with Crippen LogP contribution in [-0.4, -0.2) is 49.0 Å². The van der Waals surface area contributed by atoms with Gasteiger partial charge in [0.05, 0.1) is 6.10 Å². The van der Waals surface area contributed by atoms with Crippen molar-refractivity contribution < 1.29 is 9.84 Å². The summed E-state index contributed by atoms with van der Waals surface area (Å²) in [6, 6.07) is 0. The van der Waals surface area contributed by atoms with Gasteiger partial charge in [-0.1, -0.05) is 13.8 Å². The molecule has 0 saturated carbocycles. The lowest BCUT2D eigenvalue weighted by Gasteiger charge is -2.37.